The van der Waals surface area contributed by atoms with Gasteiger partial charge in [-0.05, 0) is 36.6 Å². The summed E-state index contributed by atoms with van der Waals surface area (Å²) in [6.45, 7) is 0.599. The molecule has 3 N–H and O–H groups in total. The number of carboxylic acid groups (broad SMARTS) is 1. The Morgan fingerprint density at radius 2 is 1.62 bits per heavy atom. The minimum atomic E-state index is -0.725. The molecule has 0 spiro atoms. The van der Waals surface area contributed by atoms with Crippen molar-refractivity contribution in [3.8, 4) is 11.5 Å². The van der Waals surface area contributed by atoms with Crippen molar-refractivity contribution in [3.05, 3.63) is 28.7 Å². The first-order valence-corrected chi connectivity index (χ1v) is 11.1. The van der Waals surface area contributed by atoms with E-state index < -0.39 is 5.97 Å². The SMILES string of the molecule is O=C(O)CCCCCCCCCCN1C(=O)/C(=C/c2ccc(O)c(O)c2)SC1=S. The highest BCUT2D eigenvalue weighted by Crippen LogP contribution is 2.34. The summed E-state index contributed by atoms with van der Waals surface area (Å²) in [5.41, 5.74) is 0.629. The minimum absolute atomic E-state index is 0.119. The number of benzene rings is 1. The number of carboxylic acids is 1. The predicted octanol–water partition coefficient (Wildman–Crippen LogP) is 4.89. The molecule has 6 nitrogen and oxygen atoms in total. The van der Waals surface area contributed by atoms with Gasteiger partial charge in [-0.2, -0.15) is 0 Å². The van der Waals surface area contributed by atoms with Crippen molar-refractivity contribution >= 4 is 46.3 Å². The molecule has 8 heteroatoms. The molecule has 1 aromatic rings. The molecule has 158 valence electrons. The first kappa shape index (κ1) is 23.2. The van der Waals surface area contributed by atoms with Crippen molar-refractivity contribution in [2.24, 2.45) is 0 Å². The standard InChI is InChI=1S/C21H27NO5S2/c23-16-11-10-15(13-17(16)24)14-18-20(27)22(21(28)29-18)12-8-6-4-2-1-3-5-7-9-19(25)26/h10-11,13-14,23-24H,1-9,12H2,(H,25,26)/b18-14-. The van der Waals surface area contributed by atoms with Crippen LogP contribution in [0.5, 0.6) is 11.5 Å². The van der Waals surface area contributed by atoms with Gasteiger partial charge < -0.3 is 15.3 Å². The molecule has 1 aliphatic rings. The van der Waals surface area contributed by atoms with Crippen molar-refractivity contribution in [3.63, 3.8) is 0 Å². The Bertz CT molecular complexity index is 778. The van der Waals surface area contributed by atoms with Crippen molar-refractivity contribution in [2.45, 2.75) is 57.8 Å². The molecule has 0 aliphatic carbocycles. The largest absolute Gasteiger partial charge is 0.504 e. The van der Waals surface area contributed by atoms with Crippen LogP contribution >= 0.6 is 24.0 Å². The van der Waals surface area contributed by atoms with Crippen molar-refractivity contribution < 1.29 is 24.9 Å². The quantitative estimate of drug-likeness (QED) is 0.185. The normalized spacial score (nSPS) is 15.4. The van der Waals surface area contributed by atoms with E-state index in [0.717, 1.165) is 51.4 Å². The van der Waals surface area contributed by atoms with E-state index in [9.17, 15) is 19.8 Å². The number of aromatic hydroxyl groups is 2. The number of thiocarbonyl (C=S) groups is 1. The lowest BCUT2D eigenvalue weighted by molar-refractivity contribution is -0.137. The summed E-state index contributed by atoms with van der Waals surface area (Å²) in [5.74, 6) is -1.27. The zero-order valence-corrected chi connectivity index (χ0v) is 17.9. The van der Waals surface area contributed by atoms with Gasteiger partial charge in [0.25, 0.3) is 5.91 Å². The number of hydrogen-bond donors (Lipinski definition) is 3. The van der Waals surface area contributed by atoms with Gasteiger partial charge in [0.05, 0.1) is 4.91 Å². The van der Waals surface area contributed by atoms with Crippen LogP contribution in [-0.2, 0) is 9.59 Å². The maximum Gasteiger partial charge on any atom is 0.303 e. The van der Waals surface area contributed by atoms with E-state index in [-0.39, 0.29) is 23.8 Å². The lowest BCUT2D eigenvalue weighted by atomic mass is 10.1. The summed E-state index contributed by atoms with van der Waals surface area (Å²) in [4.78, 5) is 25.2. The van der Waals surface area contributed by atoms with Crippen molar-refractivity contribution in [2.75, 3.05) is 6.54 Å². The van der Waals surface area contributed by atoms with Crippen molar-refractivity contribution in [1.29, 1.82) is 0 Å². The summed E-state index contributed by atoms with van der Waals surface area (Å²) in [6, 6.07) is 4.42. The maximum absolute atomic E-state index is 12.6. The highest BCUT2D eigenvalue weighted by atomic mass is 32.2. The molecule has 1 amide bonds. The van der Waals surface area contributed by atoms with Crippen LogP contribution in [0, 0.1) is 0 Å². The second kappa shape index (κ2) is 11.8. The lowest BCUT2D eigenvalue weighted by Crippen LogP contribution is -2.29. The van der Waals surface area contributed by atoms with E-state index in [1.807, 2.05) is 0 Å². The molecule has 1 heterocycles. The summed E-state index contributed by atoms with van der Waals surface area (Å²) in [7, 11) is 0. The molecular weight excluding hydrogens is 410 g/mol. The molecule has 0 bridgehead atoms. The molecule has 0 atom stereocenters. The fraction of sp³-hybridized carbons (Fsp3) is 0.476. The fourth-order valence-electron chi connectivity index (χ4n) is 3.08. The van der Waals surface area contributed by atoms with E-state index in [0.29, 0.717) is 21.3 Å². The zero-order chi connectivity index (χ0) is 21.2. The van der Waals surface area contributed by atoms with E-state index in [4.69, 9.17) is 17.3 Å². The fourth-order valence-corrected chi connectivity index (χ4v) is 4.39. The number of thioether (sulfide) groups is 1. The molecule has 1 aromatic carbocycles. The highest BCUT2D eigenvalue weighted by molar-refractivity contribution is 8.26. The molecule has 29 heavy (non-hydrogen) atoms. The Morgan fingerprint density at radius 1 is 1.00 bits per heavy atom. The number of unbranched alkanes of at least 4 members (excludes halogenated alkanes) is 7. The topological polar surface area (TPSA) is 98.1 Å². The van der Waals surface area contributed by atoms with Crippen LogP contribution in [0.15, 0.2) is 23.1 Å². The van der Waals surface area contributed by atoms with Crippen molar-refractivity contribution in [1.82, 2.24) is 4.90 Å². The van der Waals surface area contributed by atoms with E-state index in [1.165, 1.54) is 23.9 Å². The summed E-state index contributed by atoms with van der Waals surface area (Å²) < 4.78 is 0.544. The van der Waals surface area contributed by atoms with Gasteiger partial charge in [0, 0.05) is 13.0 Å². The van der Waals surface area contributed by atoms with Gasteiger partial charge in [-0.25, -0.2) is 0 Å². The van der Waals surface area contributed by atoms with Crippen LogP contribution in [0.2, 0.25) is 0 Å². The number of phenolic OH excluding ortho intramolecular Hbond substituents is 2. The number of hydrogen-bond acceptors (Lipinski definition) is 6. The first-order valence-electron chi connectivity index (χ1n) is 9.87. The minimum Gasteiger partial charge on any atom is -0.504 e. The highest BCUT2D eigenvalue weighted by Gasteiger charge is 2.31. The van der Waals surface area contributed by atoms with Gasteiger partial charge >= 0.3 is 5.97 Å². The number of aliphatic carboxylic acids is 1. The summed E-state index contributed by atoms with van der Waals surface area (Å²) >= 11 is 6.58. The molecule has 0 saturated carbocycles. The first-order chi connectivity index (χ1) is 13.9. The van der Waals surface area contributed by atoms with Gasteiger partial charge in [0.1, 0.15) is 4.32 Å². The Hall–Kier alpha value is -2.06. The Balaban J connectivity index is 1.68. The molecule has 0 aromatic heterocycles. The average molecular weight is 438 g/mol. The number of carbonyl (C=O) groups is 2. The number of phenols is 2. The third kappa shape index (κ3) is 7.70. The number of amides is 1. The molecule has 1 saturated heterocycles. The van der Waals surface area contributed by atoms with Crippen LogP contribution in [0.25, 0.3) is 6.08 Å². The van der Waals surface area contributed by atoms with Gasteiger partial charge in [-0.15, -0.1) is 0 Å². The monoisotopic (exact) mass is 437 g/mol. The van der Waals surface area contributed by atoms with E-state index in [2.05, 4.69) is 0 Å². The molecule has 1 fully saturated rings. The smallest absolute Gasteiger partial charge is 0.303 e. The summed E-state index contributed by atoms with van der Waals surface area (Å²) in [6.07, 6.45) is 9.95. The lowest BCUT2D eigenvalue weighted by Gasteiger charge is -2.14. The van der Waals surface area contributed by atoms with Crippen LogP contribution in [0.4, 0.5) is 0 Å². The van der Waals surface area contributed by atoms with Gasteiger partial charge in [-0.3, -0.25) is 14.5 Å². The summed E-state index contributed by atoms with van der Waals surface area (Å²) in [5, 5.41) is 27.6. The zero-order valence-electron chi connectivity index (χ0n) is 16.3. The van der Waals surface area contributed by atoms with Gasteiger partial charge in [0.2, 0.25) is 0 Å². The Morgan fingerprint density at radius 3 is 2.24 bits per heavy atom. The average Bonchev–Trinajstić information content (AvgIpc) is 2.93. The molecule has 0 unspecified atom stereocenters. The Kier molecular flexibility index (Phi) is 9.47. The second-order valence-corrected chi connectivity index (χ2v) is 8.73. The van der Waals surface area contributed by atoms with Crippen LogP contribution in [-0.4, -0.2) is 43.0 Å². The van der Waals surface area contributed by atoms with Crippen LogP contribution < -0.4 is 0 Å². The molecule has 0 radical (unpaired) electrons. The van der Waals surface area contributed by atoms with Crippen LogP contribution in [0.3, 0.4) is 0 Å². The van der Waals surface area contributed by atoms with Crippen LogP contribution in [0.1, 0.15) is 63.4 Å². The number of rotatable bonds is 12. The molecular formula is C21H27NO5S2. The predicted molar refractivity (Wildman–Crippen MR) is 119 cm³/mol. The molecule has 2 rings (SSSR count). The van der Waals surface area contributed by atoms with Gasteiger partial charge in [-0.1, -0.05) is 68.6 Å². The van der Waals surface area contributed by atoms with E-state index in [1.54, 1.807) is 17.0 Å². The third-order valence-corrected chi connectivity index (χ3v) is 6.07. The van der Waals surface area contributed by atoms with E-state index >= 15 is 0 Å². The maximum atomic E-state index is 12.6. The second-order valence-electron chi connectivity index (χ2n) is 7.05. The number of nitrogens with zero attached hydrogens (tertiary/aromatic N) is 1. The Labute approximate surface area is 180 Å². The number of carbonyl (C=O) groups excluding carboxylic acids is 1. The van der Waals surface area contributed by atoms with Gasteiger partial charge in [0.15, 0.2) is 11.5 Å². The molecule has 1 aliphatic heterocycles. The third-order valence-electron chi connectivity index (χ3n) is 4.69.